The lowest BCUT2D eigenvalue weighted by Gasteiger charge is -2.35. The Kier molecular flexibility index (Phi) is 3.79. The molecule has 1 aliphatic heterocycles. The van der Waals surface area contributed by atoms with Crippen LogP contribution in [0.5, 0.6) is 0 Å². The van der Waals surface area contributed by atoms with Gasteiger partial charge in [-0.3, -0.25) is 9.78 Å². The number of amides is 1. The van der Waals surface area contributed by atoms with Gasteiger partial charge in [0.1, 0.15) is 4.88 Å². The Balaban J connectivity index is 1.91. The molecule has 3 rings (SSSR count). The first-order chi connectivity index (χ1) is 10.1. The Bertz CT molecular complexity index is 673. The van der Waals surface area contributed by atoms with E-state index in [0.29, 0.717) is 23.7 Å². The molecule has 2 atom stereocenters. The molecule has 1 saturated heterocycles. The number of nitrogens with zero attached hydrogens (tertiary/aromatic N) is 2. The molecule has 1 aliphatic rings. The van der Waals surface area contributed by atoms with E-state index >= 15 is 0 Å². The normalized spacial score (nSPS) is 22.7. The quantitative estimate of drug-likeness (QED) is 0.867. The first-order valence-electron chi connectivity index (χ1n) is 6.77. The van der Waals surface area contributed by atoms with Crippen molar-refractivity contribution in [1.82, 2.24) is 9.88 Å². The fourth-order valence-corrected chi connectivity index (χ4v) is 3.64. The molecule has 1 amide bonds. The molecule has 112 valence electrons. The van der Waals surface area contributed by atoms with Crippen molar-refractivity contribution in [2.24, 2.45) is 0 Å². The zero-order valence-corrected chi connectivity index (χ0v) is 12.5. The van der Waals surface area contributed by atoms with Crippen molar-refractivity contribution >= 4 is 33.0 Å². The number of anilines is 1. The van der Waals surface area contributed by atoms with E-state index in [2.05, 4.69) is 4.98 Å². The number of morpholine rings is 1. The summed E-state index contributed by atoms with van der Waals surface area (Å²) in [5.74, 6) is -0.109. The largest absolute Gasteiger partial charge is 0.397 e. The van der Waals surface area contributed by atoms with Gasteiger partial charge in [0.25, 0.3) is 5.91 Å². The third-order valence-corrected chi connectivity index (χ3v) is 4.69. The lowest BCUT2D eigenvalue weighted by atomic mass is 10.2. The summed E-state index contributed by atoms with van der Waals surface area (Å²) in [7, 11) is 0. The van der Waals surface area contributed by atoms with E-state index in [4.69, 9.17) is 10.5 Å². The van der Waals surface area contributed by atoms with Gasteiger partial charge in [0.2, 0.25) is 0 Å². The second-order valence-corrected chi connectivity index (χ2v) is 6.23. The number of pyridine rings is 1. The molecule has 2 aromatic rings. The number of ether oxygens (including phenoxy) is 1. The zero-order chi connectivity index (χ0) is 15.0. The summed E-state index contributed by atoms with van der Waals surface area (Å²) in [6.45, 7) is 2.67. The van der Waals surface area contributed by atoms with Crippen molar-refractivity contribution in [3.8, 4) is 0 Å². The van der Waals surface area contributed by atoms with Crippen LogP contribution < -0.4 is 5.73 Å². The Morgan fingerprint density at radius 1 is 1.62 bits per heavy atom. The predicted octanol–water partition coefficient (Wildman–Crippen LogP) is 1.10. The summed E-state index contributed by atoms with van der Waals surface area (Å²) < 4.78 is 6.46. The van der Waals surface area contributed by atoms with E-state index in [9.17, 15) is 9.90 Å². The van der Waals surface area contributed by atoms with Crippen LogP contribution in [0.3, 0.4) is 0 Å². The summed E-state index contributed by atoms with van der Waals surface area (Å²) in [5.41, 5.74) is 6.60. The van der Waals surface area contributed by atoms with Crippen LogP contribution in [0.25, 0.3) is 10.1 Å². The number of nitrogen functional groups attached to an aromatic ring is 1. The molecular weight excluding hydrogens is 290 g/mol. The number of nitrogens with two attached hydrogens (primary N) is 1. The molecule has 2 aromatic heterocycles. The van der Waals surface area contributed by atoms with Gasteiger partial charge in [-0.2, -0.15) is 0 Å². The summed E-state index contributed by atoms with van der Waals surface area (Å²) in [6, 6.07) is 1.82. The number of carbonyl (C=O) groups excluding carboxylic acids is 1. The van der Waals surface area contributed by atoms with Crippen LogP contribution in [0.2, 0.25) is 0 Å². The molecule has 0 saturated carbocycles. The maximum atomic E-state index is 12.7. The van der Waals surface area contributed by atoms with Gasteiger partial charge in [-0.25, -0.2) is 0 Å². The maximum absolute atomic E-state index is 12.7. The number of aliphatic hydroxyl groups excluding tert-OH is 1. The Morgan fingerprint density at radius 2 is 2.43 bits per heavy atom. The molecule has 6 nitrogen and oxygen atoms in total. The number of aromatic nitrogens is 1. The Hall–Kier alpha value is -1.70. The van der Waals surface area contributed by atoms with Gasteiger partial charge in [0.05, 0.1) is 29.2 Å². The van der Waals surface area contributed by atoms with E-state index in [1.165, 1.54) is 11.3 Å². The van der Waals surface area contributed by atoms with Gasteiger partial charge in [-0.15, -0.1) is 11.3 Å². The third-order valence-electron chi connectivity index (χ3n) is 3.54. The van der Waals surface area contributed by atoms with Crippen LogP contribution in [-0.4, -0.2) is 52.8 Å². The van der Waals surface area contributed by atoms with Crippen molar-refractivity contribution in [2.75, 3.05) is 25.4 Å². The lowest BCUT2D eigenvalue weighted by Crippen LogP contribution is -2.50. The number of hydrogen-bond acceptors (Lipinski definition) is 6. The number of hydrogen-bond donors (Lipinski definition) is 2. The van der Waals surface area contributed by atoms with Crippen LogP contribution in [0, 0.1) is 0 Å². The Morgan fingerprint density at radius 3 is 3.14 bits per heavy atom. The smallest absolute Gasteiger partial charge is 0.266 e. The number of fused-ring (bicyclic) bond motifs is 1. The average molecular weight is 307 g/mol. The second-order valence-electron chi connectivity index (χ2n) is 5.18. The van der Waals surface area contributed by atoms with Gasteiger partial charge in [-0.05, 0) is 13.0 Å². The molecule has 0 bridgehead atoms. The van der Waals surface area contributed by atoms with Crippen LogP contribution in [0.1, 0.15) is 16.6 Å². The number of thiophene rings is 1. The van der Waals surface area contributed by atoms with E-state index in [-0.39, 0.29) is 24.7 Å². The first-order valence-corrected chi connectivity index (χ1v) is 7.59. The van der Waals surface area contributed by atoms with Crippen LogP contribution in [0.15, 0.2) is 18.5 Å². The predicted molar refractivity (Wildman–Crippen MR) is 81.4 cm³/mol. The number of rotatable bonds is 2. The van der Waals surface area contributed by atoms with Crippen LogP contribution in [-0.2, 0) is 4.74 Å². The summed E-state index contributed by atoms with van der Waals surface area (Å²) >= 11 is 1.35. The molecule has 3 N–H and O–H groups in total. The van der Waals surface area contributed by atoms with Crippen LogP contribution >= 0.6 is 11.3 Å². The van der Waals surface area contributed by atoms with Gasteiger partial charge >= 0.3 is 0 Å². The topological polar surface area (TPSA) is 88.7 Å². The monoisotopic (exact) mass is 307 g/mol. The van der Waals surface area contributed by atoms with Crippen molar-refractivity contribution in [3.63, 3.8) is 0 Å². The molecular formula is C14H17N3O3S. The van der Waals surface area contributed by atoms with E-state index in [1.54, 1.807) is 17.3 Å². The molecule has 0 aromatic carbocycles. The van der Waals surface area contributed by atoms with E-state index in [1.807, 2.05) is 13.0 Å². The molecule has 0 spiro atoms. The molecule has 0 radical (unpaired) electrons. The van der Waals surface area contributed by atoms with Crippen molar-refractivity contribution in [2.45, 2.75) is 19.1 Å². The average Bonchev–Trinajstić information content (AvgIpc) is 2.83. The van der Waals surface area contributed by atoms with Gasteiger partial charge in [0, 0.05) is 30.9 Å². The Labute approximate surface area is 126 Å². The number of aliphatic hydroxyl groups is 1. The highest BCUT2D eigenvalue weighted by atomic mass is 32.1. The van der Waals surface area contributed by atoms with Gasteiger partial charge < -0.3 is 20.5 Å². The first kappa shape index (κ1) is 14.2. The minimum atomic E-state index is -0.338. The molecule has 21 heavy (non-hydrogen) atoms. The highest BCUT2D eigenvalue weighted by molar-refractivity contribution is 7.21. The second kappa shape index (κ2) is 5.59. The fourth-order valence-electron chi connectivity index (χ4n) is 2.59. The van der Waals surface area contributed by atoms with Crippen molar-refractivity contribution in [3.05, 3.63) is 23.3 Å². The standard InChI is InChI=1S/C14H17N3O3S/c1-8-5-17(6-9(7-18)20-8)14(19)13-12(15)10-2-3-16-4-11(10)21-13/h2-4,8-9,18H,5-7,15H2,1H3. The number of carbonyl (C=O) groups is 1. The molecule has 3 heterocycles. The zero-order valence-electron chi connectivity index (χ0n) is 11.7. The summed E-state index contributed by atoms with van der Waals surface area (Å²) in [5, 5.41) is 10.1. The SMILES string of the molecule is CC1CN(C(=O)c2sc3cnccc3c2N)CC(CO)O1. The van der Waals surface area contributed by atoms with E-state index in [0.717, 1.165) is 10.1 Å². The van der Waals surface area contributed by atoms with Crippen molar-refractivity contribution < 1.29 is 14.6 Å². The highest BCUT2D eigenvalue weighted by Gasteiger charge is 2.30. The van der Waals surface area contributed by atoms with Gasteiger partial charge in [-0.1, -0.05) is 0 Å². The summed E-state index contributed by atoms with van der Waals surface area (Å²) in [6.07, 6.45) is 2.94. The fraction of sp³-hybridized carbons (Fsp3) is 0.429. The van der Waals surface area contributed by atoms with Gasteiger partial charge in [0.15, 0.2) is 0 Å². The van der Waals surface area contributed by atoms with E-state index < -0.39 is 0 Å². The minimum absolute atomic E-state index is 0.0973. The highest BCUT2D eigenvalue weighted by Crippen LogP contribution is 2.34. The molecule has 0 aliphatic carbocycles. The third kappa shape index (κ3) is 2.59. The minimum Gasteiger partial charge on any atom is -0.397 e. The van der Waals surface area contributed by atoms with Crippen LogP contribution in [0.4, 0.5) is 5.69 Å². The summed E-state index contributed by atoms with van der Waals surface area (Å²) in [4.78, 5) is 19.0. The molecule has 2 unspecified atom stereocenters. The maximum Gasteiger partial charge on any atom is 0.266 e. The molecule has 1 fully saturated rings. The molecule has 7 heteroatoms. The van der Waals surface area contributed by atoms with Crippen molar-refractivity contribution in [1.29, 1.82) is 0 Å². The lowest BCUT2D eigenvalue weighted by molar-refractivity contribution is -0.0857.